The quantitative estimate of drug-likeness (QED) is 0.659. The Labute approximate surface area is 123 Å². The lowest BCUT2D eigenvalue weighted by molar-refractivity contribution is 0.414. The fourth-order valence-electron chi connectivity index (χ4n) is 1.21. The molecular formula is C19H24O. The second kappa shape index (κ2) is 11.9. The first-order chi connectivity index (χ1) is 9.63. The Morgan fingerprint density at radius 1 is 0.900 bits per heavy atom. The van der Waals surface area contributed by atoms with E-state index in [1.807, 2.05) is 49.4 Å². The third kappa shape index (κ3) is 9.79. The van der Waals surface area contributed by atoms with Crippen LogP contribution < -0.4 is 4.74 Å². The molecule has 0 spiro atoms. The number of terminal acetylenes is 1. The maximum atomic E-state index is 4.97. The molecule has 0 N–H and O–H groups in total. The Kier molecular flexibility index (Phi) is 10.6. The molecule has 106 valence electrons. The van der Waals surface area contributed by atoms with Crippen molar-refractivity contribution in [3.05, 3.63) is 65.7 Å². The number of rotatable bonds is 1. The first-order valence-corrected chi connectivity index (χ1v) is 6.69. The average Bonchev–Trinajstić information content (AvgIpc) is 2.50. The monoisotopic (exact) mass is 268 g/mol. The SMILES string of the molecule is C#CCC.COc1ccc(C)cc1.Cc1ccccc1. The summed E-state index contributed by atoms with van der Waals surface area (Å²) in [6.45, 7) is 6.08. The van der Waals surface area contributed by atoms with Crippen molar-refractivity contribution in [1.29, 1.82) is 0 Å². The maximum Gasteiger partial charge on any atom is 0.118 e. The van der Waals surface area contributed by atoms with Gasteiger partial charge in [0.2, 0.25) is 0 Å². The highest BCUT2D eigenvalue weighted by Gasteiger charge is 1.85. The predicted octanol–water partition coefficient (Wildman–Crippen LogP) is 5.03. The number of methoxy groups -OCH3 is 1. The smallest absolute Gasteiger partial charge is 0.118 e. The minimum Gasteiger partial charge on any atom is -0.497 e. The van der Waals surface area contributed by atoms with Crippen LogP contribution in [0.25, 0.3) is 0 Å². The molecule has 0 aromatic heterocycles. The van der Waals surface area contributed by atoms with Gasteiger partial charge in [0.15, 0.2) is 0 Å². The van der Waals surface area contributed by atoms with E-state index >= 15 is 0 Å². The Morgan fingerprint density at radius 3 is 1.65 bits per heavy atom. The van der Waals surface area contributed by atoms with E-state index in [-0.39, 0.29) is 0 Å². The molecule has 0 fully saturated rings. The standard InChI is InChI=1S/C8H10O.C7H8.C4H6/c1-7-3-5-8(9-2)6-4-7;1-7-5-3-2-4-6-7;1-3-4-2/h3-6H,1-2H3;2-6H,1H3;1H,4H2,2H3. The Hall–Kier alpha value is -2.20. The topological polar surface area (TPSA) is 9.23 Å². The summed E-state index contributed by atoms with van der Waals surface area (Å²) in [6, 6.07) is 18.2. The van der Waals surface area contributed by atoms with Gasteiger partial charge >= 0.3 is 0 Å². The predicted molar refractivity (Wildman–Crippen MR) is 88.0 cm³/mol. The Bertz CT molecular complexity index is 477. The van der Waals surface area contributed by atoms with Gasteiger partial charge in [-0.05, 0) is 26.0 Å². The Morgan fingerprint density at radius 2 is 1.35 bits per heavy atom. The molecular weight excluding hydrogens is 244 g/mol. The van der Waals surface area contributed by atoms with E-state index in [0.29, 0.717) is 0 Å². The normalized spacial score (nSPS) is 8.15. The lowest BCUT2D eigenvalue weighted by atomic mass is 10.2. The lowest BCUT2D eigenvalue weighted by Crippen LogP contribution is -1.80. The molecule has 20 heavy (non-hydrogen) atoms. The molecule has 0 radical (unpaired) electrons. The molecule has 1 heteroatoms. The van der Waals surface area contributed by atoms with Crippen molar-refractivity contribution in [1.82, 2.24) is 0 Å². The second-order valence-corrected chi connectivity index (χ2v) is 4.23. The average molecular weight is 268 g/mol. The summed E-state index contributed by atoms with van der Waals surface area (Å²) in [4.78, 5) is 0. The maximum absolute atomic E-state index is 4.97. The first kappa shape index (κ1) is 17.8. The van der Waals surface area contributed by atoms with Crippen molar-refractivity contribution >= 4 is 0 Å². The molecule has 0 atom stereocenters. The van der Waals surface area contributed by atoms with Crippen molar-refractivity contribution < 1.29 is 4.74 Å². The van der Waals surface area contributed by atoms with Gasteiger partial charge in [0.05, 0.1) is 7.11 Å². The number of benzene rings is 2. The van der Waals surface area contributed by atoms with Crippen LogP contribution in [-0.2, 0) is 0 Å². The van der Waals surface area contributed by atoms with Crippen molar-refractivity contribution in [2.45, 2.75) is 27.2 Å². The molecule has 0 aliphatic heterocycles. The van der Waals surface area contributed by atoms with Gasteiger partial charge < -0.3 is 4.74 Å². The molecule has 2 rings (SSSR count). The van der Waals surface area contributed by atoms with Crippen molar-refractivity contribution in [3.63, 3.8) is 0 Å². The highest BCUT2D eigenvalue weighted by molar-refractivity contribution is 5.25. The van der Waals surface area contributed by atoms with Crippen molar-refractivity contribution in [2.75, 3.05) is 7.11 Å². The van der Waals surface area contributed by atoms with Gasteiger partial charge in [-0.1, -0.05) is 60.5 Å². The van der Waals surface area contributed by atoms with E-state index in [2.05, 4.69) is 31.9 Å². The van der Waals surface area contributed by atoms with Crippen LogP contribution in [0.2, 0.25) is 0 Å². The van der Waals surface area contributed by atoms with E-state index in [1.54, 1.807) is 7.11 Å². The van der Waals surface area contributed by atoms with Gasteiger partial charge in [0, 0.05) is 6.42 Å². The summed E-state index contributed by atoms with van der Waals surface area (Å²) in [5.74, 6) is 3.35. The summed E-state index contributed by atoms with van der Waals surface area (Å²) in [5, 5.41) is 0. The van der Waals surface area contributed by atoms with Gasteiger partial charge in [0.25, 0.3) is 0 Å². The molecule has 2 aromatic carbocycles. The van der Waals surface area contributed by atoms with E-state index in [0.717, 1.165) is 12.2 Å². The molecule has 0 aliphatic rings. The van der Waals surface area contributed by atoms with E-state index in [9.17, 15) is 0 Å². The third-order valence-corrected chi connectivity index (χ3v) is 2.40. The zero-order valence-electron chi connectivity index (χ0n) is 12.9. The third-order valence-electron chi connectivity index (χ3n) is 2.40. The van der Waals surface area contributed by atoms with Crippen LogP contribution in [-0.4, -0.2) is 7.11 Å². The van der Waals surface area contributed by atoms with Crippen molar-refractivity contribution in [2.24, 2.45) is 0 Å². The van der Waals surface area contributed by atoms with Crippen LogP contribution in [0.5, 0.6) is 5.75 Å². The van der Waals surface area contributed by atoms with E-state index in [4.69, 9.17) is 11.2 Å². The summed E-state index contributed by atoms with van der Waals surface area (Å²) < 4.78 is 4.97. The Balaban J connectivity index is 0.000000293. The first-order valence-electron chi connectivity index (χ1n) is 6.69. The highest BCUT2D eigenvalue weighted by Crippen LogP contribution is 2.09. The number of ether oxygens (including phenoxy) is 1. The largest absolute Gasteiger partial charge is 0.497 e. The fraction of sp³-hybridized carbons (Fsp3) is 0.263. The summed E-state index contributed by atoms with van der Waals surface area (Å²) in [5.41, 5.74) is 2.58. The van der Waals surface area contributed by atoms with Gasteiger partial charge in [-0.2, -0.15) is 0 Å². The summed E-state index contributed by atoms with van der Waals surface area (Å²) >= 11 is 0. The second-order valence-electron chi connectivity index (χ2n) is 4.23. The zero-order chi connectivity index (χ0) is 15.2. The van der Waals surface area contributed by atoms with E-state index < -0.39 is 0 Å². The highest BCUT2D eigenvalue weighted by atomic mass is 16.5. The fourth-order valence-corrected chi connectivity index (χ4v) is 1.21. The van der Waals surface area contributed by atoms with Gasteiger partial charge in [-0.25, -0.2) is 0 Å². The summed E-state index contributed by atoms with van der Waals surface area (Å²) in [6.07, 6.45) is 5.62. The van der Waals surface area contributed by atoms with Crippen LogP contribution in [0, 0.1) is 26.2 Å². The number of hydrogen-bond acceptors (Lipinski definition) is 1. The minimum atomic E-state index is 0.847. The molecule has 0 saturated heterocycles. The molecule has 0 amide bonds. The van der Waals surface area contributed by atoms with Crippen LogP contribution in [0.1, 0.15) is 24.5 Å². The molecule has 0 bridgehead atoms. The lowest BCUT2D eigenvalue weighted by Gasteiger charge is -1.97. The number of hydrogen-bond donors (Lipinski definition) is 0. The van der Waals surface area contributed by atoms with Gasteiger partial charge in [-0.3, -0.25) is 0 Å². The van der Waals surface area contributed by atoms with Crippen LogP contribution in [0.4, 0.5) is 0 Å². The van der Waals surface area contributed by atoms with Crippen molar-refractivity contribution in [3.8, 4) is 18.1 Å². The van der Waals surface area contributed by atoms with Crippen LogP contribution in [0.15, 0.2) is 54.6 Å². The molecule has 0 saturated carbocycles. The van der Waals surface area contributed by atoms with E-state index in [1.165, 1.54) is 11.1 Å². The minimum absolute atomic E-state index is 0.847. The van der Waals surface area contributed by atoms with Crippen LogP contribution >= 0.6 is 0 Å². The number of aryl methyl sites for hydroxylation is 2. The molecule has 2 aromatic rings. The molecule has 0 aliphatic carbocycles. The zero-order valence-corrected chi connectivity index (χ0v) is 12.9. The van der Waals surface area contributed by atoms with Crippen LogP contribution in [0.3, 0.4) is 0 Å². The van der Waals surface area contributed by atoms with Gasteiger partial charge in [0.1, 0.15) is 5.75 Å². The molecule has 1 nitrogen and oxygen atoms in total. The van der Waals surface area contributed by atoms with Gasteiger partial charge in [-0.15, -0.1) is 12.3 Å². The molecule has 0 unspecified atom stereocenters. The molecule has 0 heterocycles. The summed E-state index contributed by atoms with van der Waals surface area (Å²) in [7, 11) is 1.67.